The van der Waals surface area contributed by atoms with E-state index < -0.39 is 5.97 Å². The van der Waals surface area contributed by atoms with Gasteiger partial charge < -0.3 is 70.3 Å². The third-order valence-corrected chi connectivity index (χ3v) is 5.11. The van der Waals surface area contributed by atoms with Gasteiger partial charge in [0.05, 0.1) is 24.3 Å². The van der Waals surface area contributed by atoms with Crippen LogP contribution in [0.15, 0.2) is 48.5 Å². The Labute approximate surface area is 370 Å². The summed E-state index contributed by atoms with van der Waals surface area (Å²) >= 11 is 5.42. The second kappa shape index (κ2) is 46.6. The first-order valence-electron chi connectivity index (χ1n) is 12.6. The number of halogens is 2. The van der Waals surface area contributed by atoms with Gasteiger partial charge in [-0.3, -0.25) is 0 Å². The van der Waals surface area contributed by atoms with Crippen LogP contribution >= 0.6 is 11.6 Å². The number of aromatic carboxylic acids is 1. The summed E-state index contributed by atoms with van der Waals surface area (Å²) < 4.78 is 10.2. The van der Waals surface area contributed by atoms with Crippen LogP contribution in [0.2, 0.25) is 0 Å². The molecule has 44 heavy (non-hydrogen) atoms. The molecule has 0 aliphatic heterocycles. The van der Waals surface area contributed by atoms with E-state index in [1.807, 2.05) is 0 Å². The third kappa shape index (κ3) is 37.9. The van der Waals surface area contributed by atoms with Gasteiger partial charge in [-0.25, -0.2) is 9.59 Å². The fourth-order valence-corrected chi connectivity index (χ4v) is 3.01. The molecule has 0 saturated carbocycles. The van der Waals surface area contributed by atoms with Crippen LogP contribution in [0.1, 0.15) is 79.0 Å². The number of esters is 1. The number of alkyl halides is 1. The normalized spacial score (nSPS) is 8.27. The van der Waals surface area contributed by atoms with Crippen molar-refractivity contribution in [3.05, 3.63) is 59.7 Å². The second-order valence-corrected chi connectivity index (χ2v) is 8.29. The molecular weight excluding hydrogens is 760 g/mol. The van der Waals surface area contributed by atoms with E-state index >= 15 is 0 Å². The molecule has 11 nitrogen and oxygen atoms in total. The van der Waals surface area contributed by atoms with Crippen LogP contribution in [0.3, 0.4) is 0 Å². The maximum atomic E-state index is 11.1. The molecule has 0 unspecified atom stereocenters. The molecule has 0 spiro atoms. The molecule has 0 amide bonds. The van der Waals surface area contributed by atoms with Crippen molar-refractivity contribution in [3.63, 3.8) is 0 Å². The zero-order chi connectivity index (χ0) is 27.7. The number of ether oxygens (including phenoxy) is 2. The maximum Gasteiger partial charge on any atom is 1.00 e. The second-order valence-electron chi connectivity index (χ2n) is 7.91. The van der Waals surface area contributed by atoms with Gasteiger partial charge in [-0.15, -0.1) is 11.6 Å². The zero-order valence-electron chi connectivity index (χ0n) is 26.4. The van der Waals surface area contributed by atoms with Gasteiger partial charge >= 0.3 is 122 Å². The molecule has 0 atom stereocenters. The molecule has 0 heterocycles. The molecule has 0 radical (unpaired) electrons. The summed E-state index contributed by atoms with van der Waals surface area (Å²) in [6.45, 7) is 3.30. The fraction of sp³-hybridized carbons (Fsp3) is 0.500. The minimum absolute atomic E-state index is 0. The van der Waals surface area contributed by atoms with E-state index in [1.165, 1.54) is 36.4 Å². The number of hydrogen-bond acceptors (Lipinski definition) is 9. The standard InChI is InChI=1S/C13H18O4.C9H10O3.C6H13ClO.HI.K.2Na.3H2O/c14-9-3-1-2-4-10-17-12-7-5-11(6-8-12)13(15)16;1-2-12-9(11)7-3-5-8(10)6-4-7;7-5-3-1-2-4-6-8;;;;;;;/h5-8,14H,1-4,9-10H2,(H,15,16);3-6,10H,2H2,1H3;8H,1-6H2;1H;;;;3*1H2/q;;;;3*+1;;;/p-3. The summed E-state index contributed by atoms with van der Waals surface area (Å²) in [7, 11) is 0. The Kier molecular flexibility index (Phi) is 67.7. The topological polar surface area (TPSA) is 225 Å². The average molecular weight is 805 g/mol. The molecule has 16 heteroatoms. The zero-order valence-corrected chi connectivity index (χ0v) is 36.4. The fourth-order valence-electron chi connectivity index (χ4n) is 2.82. The minimum atomic E-state index is -0.930. The van der Waals surface area contributed by atoms with Crippen LogP contribution in [0.4, 0.5) is 0 Å². The largest absolute Gasteiger partial charge is 1.00 e. The monoisotopic (exact) mass is 804 g/mol. The molecule has 2 aromatic rings. The van der Waals surface area contributed by atoms with Crippen LogP contribution in [0.5, 0.6) is 11.5 Å². The first kappa shape index (κ1) is 64.0. The molecule has 2 rings (SSSR count). The molecule has 8 N–H and O–H groups in total. The Hall–Kier alpha value is 1.44. The number of aliphatic hydroxyl groups excluding tert-OH is 2. The van der Waals surface area contributed by atoms with E-state index in [2.05, 4.69) is 0 Å². The van der Waals surface area contributed by atoms with E-state index in [0.29, 0.717) is 31.1 Å². The Morgan fingerprint density at radius 3 is 1.59 bits per heavy atom. The number of phenolic OH excluding ortho intramolecular Hbond substituents is 1. The van der Waals surface area contributed by atoms with Crippen molar-refractivity contribution in [2.24, 2.45) is 0 Å². The van der Waals surface area contributed by atoms with Crippen molar-refractivity contribution in [2.75, 3.05) is 32.3 Å². The summed E-state index contributed by atoms with van der Waals surface area (Å²) in [6.07, 6.45) is 8.12. The van der Waals surface area contributed by atoms with Crippen molar-refractivity contribution in [3.8, 4) is 11.5 Å². The number of aliphatic hydroxyl groups is 2. The van der Waals surface area contributed by atoms with Gasteiger partial charge in [0.1, 0.15) is 11.5 Å². The number of carbonyl (C=O) groups is 2. The van der Waals surface area contributed by atoms with Gasteiger partial charge in [0.15, 0.2) is 0 Å². The number of benzene rings is 2. The first-order valence-corrected chi connectivity index (χ1v) is 13.1. The SMILES string of the molecule is CCOC(=O)c1ccc(O)cc1.O.O=C(O)c1ccc(OCCCCCCO)cc1.OCCCCCCCl.[I-].[K+].[Na+].[Na+].[OH-].[OH-]. The number of hydrogen-bond donors (Lipinski definition) is 4. The predicted molar refractivity (Wildman–Crippen MR) is 152 cm³/mol. The quantitative estimate of drug-likeness (QED) is 0.0438. The van der Waals surface area contributed by atoms with Crippen LogP contribution in [-0.4, -0.2) is 81.1 Å². The van der Waals surface area contributed by atoms with E-state index in [9.17, 15) is 9.59 Å². The molecule has 0 aliphatic rings. The molecular formula is C28H45ClIKNa2O11. The van der Waals surface area contributed by atoms with Crippen LogP contribution in [0.25, 0.3) is 0 Å². The summed E-state index contributed by atoms with van der Waals surface area (Å²) in [5.41, 5.74) is 0.718. The average Bonchev–Trinajstić information content (AvgIpc) is 2.90. The Balaban J connectivity index is -0.0000000719. The number of phenols is 1. The van der Waals surface area contributed by atoms with E-state index in [1.54, 1.807) is 19.1 Å². The van der Waals surface area contributed by atoms with Gasteiger partial charge in [-0.2, -0.15) is 0 Å². The number of carboxylic acid groups (broad SMARTS) is 1. The van der Waals surface area contributed by atoms with Gasteiger partial charge in [0.25, 0.3) is 0 Å². The summed E-state index contributed by atoms with van der Waals surface area (Å²) in [5.74, 6) is 0.295. The van der Waals surface area contributed by atoms with E-state index in [0.717, 1.165) is 57.2 Å². The van der Waals surface area contributed by atoms with Gasteiger partial charge in [0, 0.05) is 19.1 Å². The molecule has 0 aromatic heterocycles. The number of carboxylic acids is 1. The number of carbonyl (C=O) groups excluding carboxylic acids is 1. The van der Waals surface area contributed by atoms with Crippen LogP contribution < -0.4 is 139 Å². The molecule has 240 valence electrons. The Bertz CT molecular complexity index is 850. The molecule has 0 aliphatic carbocycles. The van der Waals surface area contributed by atoms with Crippen molar-refractivity contribution in [1.29, 1.82) is 0 Å². The van der Waals surface area contributed by atoms with Crippen molar-refractivity contribution >= 4 is 23.5 Å². The van der Waals surface area contributed by atoms with Crippen LogP contribution in [-0.2, 0) is 4.74 Å². The van der Waals surface area contributed by atoms with Gasteiger partial charge in [-0.1, -0.05) is 19.3 Å². The summed E-state index contributed by atoms with van der Waals surface area (Å²) in [5, 5.41) is 34.6. The molecule has 0 bridgehead atoms. The Morgan fingerprint density at radius 2 is 1.18 bits per heavy atom. The maximum absolute atomic E-state index is 11.1. The molecule has 0 saturated heterocycles. The number of unbranched alkanes of at least 4 members (excludes halogenated alkanes) is 6. The summed E-state index contributed by atoms with van der Waals surface area (Å²) in [4.78, 5) is 21.7. The number of aromatic hydroxyl groups is 1. The Morgan fingerprint density at radius 1 is 0.750 bits per heavy atom. The van der Waals surface area contributed by atoms with Crippen molar-refractivity contribution in [2.45, 2.75) is 58.3 Å². The summed E-state index contributed by atoms with van der Waals surface area (Å²) in [6, 6.07) is 12.3. The molecule has 2 aromatic carbocycles. The smallest absolute Gasteiger partial charge is 1.00 e. The predicted octanol–water partition coefficient (Wildman–Crippen LogP) is -7.50. The van der Waals surface area contributed by atoms with Crippen LogP contribution in [0, 0.1) is 0 Å². The van der Waals surface area contributed by atoms with Gasteiger partial charge in [0.2, 0.25) is 0 Å². The van der Waals surface area contributed by atoms with Crippen molar-refractivity contribution in [1.82, 2.24) is 0 Å². The van der Waals surface area contributed by atoms with E-state index in [-0.39, 0.29) is 175 Å². The minimum Gasteiger partial charge on any atom is -1.00 e. The van der Waals surface area contributed by atoms with Crippen molar-refractivity contribution < 1.29 is 190 Å². The van der Waals surface area contributed by atoms with E-state index in [4.69, 9.17) is 41.5 Å². The first-order chi connectivity index (χ1) is 17.9. The number of rotatable bonds is 15. The molecule has 0 fully saturated rings. The van der Waals surface area contributed by atoms with Gasteiger partial charge in [-0.05, 0) is 87.6 Å². The third-order valence-electron chi connectivity index (χ3n) is 4.84.